The molecule has 1 aliphatic rings. The quantitative estimate of drug-likeness (QED) is 0.804. The Balaban J connectivity index is 2.05. The SMILES string of the molecule is CCNCc1cc(S(=O)(=O)NCC2(C)CCC2)cn1C. The first-order valence-corrected chi connectivity index (χ1v) is 8.70. The Kier molecular flexibility index (Phi) is 4.56. The molecule has 2 N–H and O–H groups in total. The van der Waals surface area contributed by atoms with Crippen molar-refractivity contribution in [1.29, 1.82) is 0 Å². The highest BCUT2D eigenvalue weighted by Crippen LogP contribution is 2.39. The zero-order chi connectivity index (χ0) is 14.8. The zero-order valence-corrected chi connectivity index (χ0v) is 13.4. The van der Waals surface area contributed by atoms with E-state index in [1.807, 2.05) is 18.5 Å². The molecule has 0 atom stereocenters. The van der Waals surface area contributed by atoms with Gasteiger partial charge in [0.2, 0.25) is 10.0 Å². The summed E-state index contributed by atoms with van der Waals surface area (Å²) >= 11 is 0. The summed E-state index contributed by atoms with van der Waals surface area (Å²) in [6.45, 7) is 6.25. The fourth-order valence-electron chi connectivity index (χ4n) is 2.46. The molecule has 1 aromatic heterocycles. The average Bonchev–Trinajstić information content (AvgIpc) is 2.74. The van der Waals surface area contributed by atoms with Gasteiger partial charge in [-0.25, -0.2) is 13.1 Å². The van der Waals surface area contributed by atoms with Gasteiger partial charge in [0.25, 0.3) is 0 Å². The topological polar surface area (TPSA) is 63.1 Å². The third-order valence-electron chi connectivity index (χ3n) is 4.20. The maximum atomic E-state index is 12.3. The molecule has 0 amide bonds. The van der Waals surface area contributed by atoms with Gasteiger partial charge in [0.05, 0.1) is 4.90 Å². The summed E-state index contributed by atoms with van der Waals surface area (Å²) in [5, 5.41) is 3.21. The van der Waals surface area contributed by atoms with Crippen LogP contribution in [-0.4, -0.2) is 26.1 Å². The highest BCUT2D eigenvalue weighted by Gasteiger charge is 2.33. The molecule has 6 heteroatoms. The second-order valence-corrected chi connectivity index (χ2v) is 7.81. The van der Waals surface area contributed by atoms with Gasteiger partial charge in [-0.1, -0.05) is 20.3 Å². The summed E-state index contributed by atoms with van der Waals surface area (Å²) in [7, 11) is -1.52. The highest BCUT2D eigenvalue weighted by atomic mass is 32.2. The summed E-state index contributed by atoms with van der Waals surface area (Å²) in [6, 6.07) is 1.74. The standard InChI is InChI=1S/C14H25N3O2S/c1-4-15-9-12-8-13(10-17(12)3)20(18,19)16-11-14(2)6-5-7-14/h8,10,15-16H,4-7,9,11H2,1-3H3. The molecule has 1 aromatic rings. The van der Waals surface area contributed by atoms with E-state index in [0.29, 0.717) is 18.0 Å². The molecular formula is C14H25N3O2S. The normalized spacial score (nSPS) is 17.9. The van der Waals surface area contributed by atoms with Crippen molar-refractivity contribution in [3.8, 4) is 0 Å². The number of hydrogen-bond donors (Lipinski definition) is 2. The second kappa shape index (κ2) is 5.87. The molecular weight excluding hydrogens is 274 g/mol. The van der Waals surface area contributed by atoms with Crippen LogP contribution >= 0.6 is 0 Å². The lowest BCUT2D eigenvalue weighted by Gasteiger charge is -2.38. The zero-order valence-electron chi connectivity index (χ0n) is 12.6. The molecule has 1 aliphatic carbocycles. The van der Waals surface area contributed by atoms with Gasteiger partial charge in [0.15, 0.2) is 0 Å². The molecule has 0 aromatic carbocycles. The summed E-state index contributed by atoms with van der Waals surface area (Å²) in [5.41, 5.74) is 1.12. The number of nitrogens with one attached hydrogen (secondary N) is 2. The largest absolute Gasteiger partial charge is 0.352 e. The number of aromatic nitrogens is 1. The van der Waals surface area contributed by atoms with Crippen LogP contribution in [0.4, 0.5) is 0 Å². The predicted molar refractivity (Wildman–Crippen MR) is 79.9 cm³/mol. The highest BCUT2D eigenvalue weighted by molar-refractivity contribution is 7.89. The molecule has 114 valence electrons. The molecule has 0 aliphatic heterocycles. The number of rotatable bonds is 7. The summed E-state index contributed by atoms with van der Waals surface area (Å²) in [4.78, 5) is 0.357. The fraction of sp³-hybridized carbons (Fsp3) is 0.714. The van der Waals surface area contributed by atoms with E-state index in [4.69, 9.17) is 0 Å². The van der Waals surface area contributed by atoms with Crippen molar-refractivity contribution in [3.63, 3.8) is 0 Å². The molecule has 1 saturated carbocycles. The minimum absolute atomic E-state index is 0.147. The van der Waals surface area contributed by atoms with Gasteiger partial charge in [0.1, 0.15) is 0 Å². The van der Waals surface area contributed by atoms with Crippen LogP contribution in [0.3, 0.4) is 0 Å². The van der Waals surface area contributed by atoms with Crippen molar-refractivity contribution < 1.29 is 8.42 Å². The van der Waals surface area contributed by atoms with Crippen molar-refractivity contribution in [2.75, 3.05) is 13.1 Å². The first-order valence-electron chi connectivity index (χ1n) is 7.22. The smallest absolute Gasteiger partial charge is 0.242 e. The molecule has 1 fully saturated rings. The second-order valence-electron chi connectivity index (χ2n) is 6.05. The van der Waals surface area contributed by atoms with Crippen LogP contribution in [0, 0.1) is 5.41 Å². The van der Waals surface area contributed by atoms with Gasteiger partial charge in [-0.15, -0.1) is 0 Å². The lowest BCUT2D eigenvalue weighted by atomic mass is 9.71. The number of sulfonamides is 1. The Morgan fingerprint density at radius 3 is 2.65 bits per heavy atom. The molecule has 2 rings (SSSR count). The van der Waals surface area contributed by atoms with E-state index in [0.717, 1.165) is 25.1 Å². The van der Waals surface area contributed by atoms with Gasteiger partial charge < -0.3 is 9.88 Å². The predicted octanol–water partition coefficient (Wildman–Crippen LogP) is 1.60. The fourth-order valence-corrected chi connectivity index (χ4v) is 3.76. The third-order valence-corrected chi connectivity index (χ3v) is 5.57. The maximum absolute atomic E-state index is 12.3. The summed E-state index contributed by atoms with van der Waals surface area (Å²) < 4.78 is 29.2. The molecule has 0 saturated heterocycles. The van der Waals surface area contributed by atoms with Crippen LogP contribution in [0.1, 0.15) is 38.8 Å². The van der Waals surface area contributed by atoms with Crippen LogP contribution in [0.25, 0.3) is 0 Å². The lowest BCUT2D eigenvalue weighted by molar-refractivity contribution is 0.166. The average molecular weight is 299 g/mol. The number of nitrogens with zero attached hydrogens (tertiary/aromatic N) is 1. The van der Waals surface area contributed by atoms with Crippen LogP contribution in [0.15, 0.2) is 17.2 Å². The van der Waals surface area contributed by atoms with Gasteiger partial charge in [-0.3, -0.25) is 0 Å². The molecule has 0 bridgehead atoms. The minimum atomic E-state index is -3.39. The molecule has 0 radical (unpaired) electrons. The van der Waals surface area contributed by atoms with Crippen molar-refractivity contribution >= 4 is 10.0 Å². The molecule has 20 heavy (non-hydrogen) atoms. The van der Waals surface area contributed by atoms with E-state index < -0.39 is 10.0 Å². The van der Waals surface area contributed by atoms with Crippen molar-refractivity contribution in [2.45, 2.75) is 44.6 Å². The Morgan fingerprint density at radius 2 is 2.10 bits per heavy atom. The molecule has 0 unspecified atom stereocenters. The van der Waals surface area contributed by atoms with E-state index in [9.17, 15) is 8.42 Å². The van der Waals surface area contributed by atoms with E-state index in [1.165, 1.54) is 6.42 Å². The van der Waals surface area contributed by atoms with Gasteiger partial charge in [0, 0.05) is 32.0 Å². The Labute approximate surface area is 121 Å². The first kappa shape index (κ1) is 15.5. The number of aryl methyl sites for hydroxylation is 1. The Hall–Kier alpha value is -0.850. The van der Waals surface area contributed by atoms with Crippen LogP contribution in [0.5, 0.6) is 0 Å². The molecule has 0 spiro atoms. The monoisotopic (exact) mass is 299 g/mol. The van der Waals surface area contributed by atoms with Crippen molar-refractivity contribution in [1.82, 2.24) is 14.6 Å². The van der Waals surface area contributed by atoms with Crippen LogP contribution in [-0.2, 0) is 23.6 Å². The van der Waals surface area contributed by atoms with Crippen LogP contribution in [0.2, 0.25) is 0 Å². The molecule has 1 heterocycles. The molecule has 5 nitrogen and oxygen atoms in total. The van der Waals surface area contributed by atoms with E-state index in [2.05, 4.69) is 17.0 Å². The van der Waals surface area contributed by atoms with Crippen molar-refractivity contribution in [2.24, 2.45) is 12.5 Å². The van der Waals surface area contributed by atoms with Gasteiger partial charge in [-0.2, -0.15) is 0 Å². The van der Waals surface area contributed by atoms with Crippen LogP contribution < -0.4 is 10.0 Å². The van der Waals surface area contributed by atoms with Crippen molar-refractivity contribution in [3.05, 3.63) is 18.0 Å². The summed E-state index contributed by atoms with van der Waals surface area (Å²) in [6.07, 6.45) is 5.10. The van der Waals surface area contributed by atoms with E-state index in [-0.39, 0.29) is 5.41 Å². The van der Waals surface area contributed by atoms with E-state index >= 15 is 0 Å². The van der Waals surface area contributed by atoms with Gasteiger partial charge in [-0.05, 0) is 30.9 Å². The summed E-state index contributed by atoms with van der Waals surface area (Å²) in [5.74, 6) is 0. The maximum Gasteiger partial charge on any atom is 0.242 e. The van der Waals surface area contributed by atoms with Gasteiger partial charge >= 0.3 is 0 Å². The third kappa shape index (κ3) is 3.42. The Morgan fingerprint density at radius 1 is 1.40 bits per heavy atom. The minimum Gasteiger partial charge on any atom is -0.352 e. The first-order chi connectivity index (χ1) is 9.36. The number of hydrogen-bond acceptors (Lipinski definition) is 3. The lowest BCUT2D eigenvalue weighted by Crippen LogP contribution is -2.39. The van der Waals surface area contributed by atoms with E-state index in [1.54, 1.807) is 12.3 Å². The Bertz CT molecular complexity index is 559.